The summed E-state index contributed by atoms with van der Waals surface area (Å²) in [5, 5.41) is 0.854. The van der Waals surface area contributed by atoms with Gasteiger partial charge in [0.2, 0.25) is 0 Å². The van der Waals surface area contributed by atoms with E-state index in [0.717, 1.165) is 0 Å². The molecule has 0 aliphatic rings. The molecule has 0 bridgehead atoms. The van der Waals surface area contributed by atoms with Gasteiger partial charge in [0, 0.05) is 0 Å². The van der Waals surface area contributed by atoms with Crippen LogP contribution in [0.3, 0.4) is 0 Å². The molecule has 1 aromatic carbocycles. The molecule has 0 aromatic heterocycles. The molecule has 0 saturated carbocycles. The van der Waals surface area contributed by atoms with Crippen molar-refractivity contribution >= 4 is 29.2 Å². The van der Waals surface area contributed by atoms with Gasteiger partial charge in [-0.2, -0.15) is 0 Å². The summed E-state index contributed by atoms with van der Waals surface area (Å²) in [6.07, 6.45) is 0. The predicted octanol–water partition coefficient (Wildman–Crippen LogP) is 4.44. The summed E-state index contributed by atoms with van der Waals surface area (Å²) < 4.78 is 5.31. The standard InChI is InChI=1S/C13H16Cl2O2/c1-8(12(16)17-13(2,3)4)9-6-5-7-10(14)11(9)15/h5-8H,1-4H3. The Labute approximate surface area is 112 Å². The first-order chi connectivity index (χ1) is 7.72. The largest absolute Gasteiger partial charge is 0.460 e. The summed E-state index contributed by atoms with van der Waals surface area (Å²) in [5.74, 6) is -0.734. The Morgan fingerprint density at radius 2 is 1.88 bits per heavy atom. The second-order valence-electron chi connectivity index (χ2n) is 4.90. The van der Waals surface area contributed by atoms with Crippen LogP contribution in [0.1, 0.15) is 39.2 Å². The predicted molar refractivity (Wildman–Crippen MR) is 70.7 cm³/mol. The molecule has 2 nitrogen and oxygen atoms in total. The maximum Gasteiger partial charge on any atom is 0.313 e. The third-order valence-electron chi connectivity index (χ3n) is 2.21. The van der Waals surface area contributed by atoms with Gasteiger partial charge >= 0.3 is 5.97 Å². The van der Waals surface area contributed by atoms with E-state index in [0.29, 0.717) is 15.6 Å². The van der Waals surface area contributed by atoms with Crippen molar-refractivity contribution in [3.8, 4) is 0 Å². The van der Waals surface area contributed by atoms with Crippen molar-refractivity contribution in [1.82, 2.24) is 0 Å². The monoisotopic (exact) mass is 274 g/mol. The van der Waals surface area contributed by atoms with Crippen molar-refractivity contribution in [2.24, 2.45) is 0 Å². The Kier molecular flexibility index (Phi) is 4.45. The highest BCUT2D eigenvalue weighted by Crippen LogP contribution is 2.32. The van der Waals surface area contributed by atoms with Crippen LogP contribution in [0.5, 0.6) is 0 Å². The van der Waals surface area contributed by atoms with Gasteiger partial charge in [0.25, 0.3) is 0 Å². The molecule has 0 spiro atoms. The SMILES string of the molecule is CC(C(=O)OC(C)(C)C)c1cccc(Cl)c1Cl. The van der Waals surface area contributed by atoms with Crippen LogP contribution in [0.4, 0.5) is 0 Å². The fourth-order valence-electron chi connectivity index (χ4n) is 1.37. The molecule has 0 aliphatic carbocycles. The van der Waals surface area contributed by atoms with Gasteiger partial charge in [-0.1, -0.05) is 35.3 Å². The lowest BCUT2D eigenvalue weighted by molar-refractivity contribution is -0.156. The van der Waals surface area contributed by atoms with Crippen molar-refractivity contribution in [3.05, 3.63) is 33.8 Å². The minimum Gasteiger partial charge on any atom is -0.460 e. The van der Waals surface area contributed by atoms with Gasteiger partial charge in [-0.05, 0) is 39.3 Å². The average molecular weight is 275 g/mol. The van der Waals surface area contributed by atoms with Crippen molar-refractivity contribution < 1.29 is 9.53 Å². The molecule has 0 heterocycles. The van der Waals surface area contributed by atoms with E-state index in [1.54, 1.807) is 25.1 Å². The first-order valence-corrected chi connectivity index (χ1v) is 6.14. The molecule has 1 aromatic rings. The topological polar surface area (TPSA) is 26.3 Å². The number of hydrogen-bond donors (Lipinski definition) is 0. The van der Waals surface area contributed by atoms with Crippen molar-refractivity contribution in [2.75, 3.05) is 0 Å². The molecule has 0 aliphatic heterocycles. The van der Waals surface area contributed by atoms with Gasteiger partial charge in [0.1, 0.15) is 5.60 Å². The molecule has 1 rings (SSSR count). The van der Waals surface area contributed by atoms with E-state index in [9.17, 15) is 4.79 Å². The van der Waals surface area contributed by atoms with Crippen molar-refractivity contribution in [1.29, 1.82) is 0 Å². The molecule has 94 valence electrons. The number of rotatable bonds is 2. The zero-order valence-corrected chi connectivity index (χ0v) is 11.9. The lowest BCUT2D eigenvalue weighted by atomic mass is 10.0. The molecule has 0 radical (unpaired) electrons. The fourth-order valence-corrected chi connectivity index (χ4v) is 1.84. The van der Waals surface area contributed by atoms with Gasteiger partial charge in [0.05, 0.1) is 16.0 Å². The maximum atomic E-state index is 11.9. The van der Waals surface area contributed by atoms with E-state index in [2.05, 4.69) is 0 Å². The zero-order valence-electron chi connectivity index (χ0n) is 10.4. The lowest BCUT2D eigenvalue weighted by Crippen LogP contribution is -2.26. The van der Waals surface area contributed by atoms with Crippen LogP contribution in [0.25, 0.3) is 0 Å². The van der Waals surface area contributed by atoms with E-state index < -0.39 is 11.5 Å². The number of esters is 1. The molecular formula is C13H16Cl2O2. The fraction of sp³-hybridized carbons (Fsp3) is 0.462. The first-order valence-electron chi connectivity index (χ1n) is 5.39. The molecule has 1 unspecified atom stereocenters. The molecule has 0 N–H and O–H groups in total. The van der Waals surface area contributed by atoms with Crippen LogP contribution < -0.4 is 0 Å². The summed E-state index contributed by atoms with van der Waals surface area (Å²) >= 11 is 12.0. The Hall–Kier alpha value is -0.730. The highest BCUT2D eigenvalue weighted by molar-refractivity contribution is 6.42. The number of carbonyl (C=O) groups excluding carboxylic acids is 1. The Bertz CT molecular complexity index is 422. The van der Waals surface area contributed by atoms with Crippen molar-refractivity contribution in [2.45, 2.75) is 39.2 Å². The van der Waals surface area contributed by atoms with Gasteiger partial charge in [0.15, 0.2) is 0 Å². The van der Waals surface area contributed by atoms with Gasteiger partial charge in [-0.15, -0.1) is 0 Å². The summed E-state index contributed by atoms with van der Waals surface area (Å²) in [4.78, 5) is 11.9. The zero-order chi connectivity index (χ0) is 13.2. The second-order valence-corrected chi connectivity index (χ2v) is 5.68. The molecule has 1 atom stereocenters. The molecule has 0 saturated heterocycles. The van der Waals surface area contributed by atoms with Crippen LogP contribution in [-0.2, 0) is 9.53 Å². The second kappa shape index (κ2) is 5.28. The van der Waals surface area contributed by atoms with Crippen molar-refractivity contribution in [3.63, 3.8) is 0 Å². The average Bonchev–Trinajstić information content (AvgIpc) is 2.18. The highest BCUT2D eigenvalue weighted by Gasteiger charge is 2.24. The third kappa shape index (κ3) is 3.90. The van der Waals surface area contributed by atoms with Crippen LogP contribution in [0, 0.1) is 0 Å². The lowest BCUT2D eigenvalue weighted by Gasteiger charge is -2.22. The molecule has 0 amide bonds. The summed E-state index contributed by atoms with van der Waals surface area (Å²) in [6.45, 7) is 7.25. The summed E-state index contributed by atoms with van der Waals surface area (Å²) in [6, 6.07) is 5.24. The molecule has 4 heteroatoms. The van der Waals surface area contributed by atoms with Gasteiger partial charge < -0.3 is 4.74 Å². The number of carbonyl (C=O) groups is 1. The summed E-state index contributed by atoms with van der Waals surface area (Å²) in [7, 11) is 0. The number of benzene rings is 1. The molecule has 0 fully saturated rings. The van der Waals surface area contributed by atoms with E-state index in [4.69, 9.17) is 27.9 Å². The van der Waals surface area contributed by atoms with Crippen LogP contribution in [0.15, 0.2) is 18.2 Å². The normalized spacial score (nSPS) is 13.3. The highest BCUT2D eigenvalue weighted by atomic mass is 35.5. The van der Waals surface area contributed by atoms with Gasteiger partial charge in [-0.25, -0.2) is 0 Å². The van der Waals surface area contributed by atoms with Crippen LogP contribution in [-0.4, -0.2) is 11.6 Å². The Morgan fingerprint density at radius 3 is 2.41 bits per heavy atom. The maximum absolute atomic E-state index is 11.9. The van der Waals surface area contributed by atoms with Gasteiger partial charge in [-0.3, -0.25) is 4.79 Å². The smallest absolute Gasteiger partial charge is 0.313 e. The molecule has 17 heavy (non-hydrogen) atoms. The van der Waals surface area contributed by atoms with E-state index in [1.807, 2.05) is 20.8 Å². The summed E-state index contributed by atoms with van der Waals surface area (Å²) in [5.41, 5.74) is 0.185. The molecular weight excluding hydrogens is 259 g/mol. The van der Waals surface area contributed by atoms with Crippen LogP contribution in [0.2, 0.25) is 10.0 Å². The Balaban J connectivity index is 2.93. The minimum atomic E-state index is -0.504. The number of halogens is 2. The first kappa shape index (κ1) is 14.3. The van der Waals surface area contributed by atoms with E-state index in [-0.39, 0.29) is 5.97 Å². The van der Waals surface area contributed by atoms with E-state index in [1.165, 1.54) is 0 Å². The minimum absolute atomic E-state index is 0.304. The number of ether oxygens (including phenoxy) is 1. The number of hydrogen-bond acceptors (Lipinski definition) is 2. The quantitative estimate of drug-likeness (QED) is 0.746. The van der Waals surface area contributed by atoms with Crippen LogP contribution >= 0.6 is 23.2 Å². The van der Waals surface area contributed by atoms with E-state index >= 15 is 0 Å². The third-order valence-corrected chi connectivity index (χ3v) is 3.04. The Morgan fingerprint density at radius 1 is 1.29 bits per heavy atom.